The van der Waals surface area contributed by atoms with Gasteiger partial charge in [0.05, 0.1) is 28.6 Å². The molecule has 1 aromatic carbocycles. The van der Waals surface area contributed by atoms with Crippen LogP contribution in [0.5, 0.6) is 5.75 Å². The van der Waals surface area contributed by atoms with Crippen molar-refractivity contribution in [1.82, 2.24) is 10.2 Å². The van der Waals surface area contributed by atoms with Gasteiger partial charge in [-0.2, -0.15) is 5.10 Å². The zero-order valence-electron chi connectivity index (χ0n) is 11.8. The molecule has 0 unspecified atom stereocenters. The monoisotopic (exact) mass is 311 g/mol. The van der Waals surface area contributed by atoms with Crippen molar-refractivity contribution in [1.29, 1.82) is 0 Å². The van der Waals surface area contributed by atoms with Crippen LogP contribution in [0.3, 0.4) is 0 Å². The molecule has 21 heavy (non-hydrogen) atoms. The van der Waals surface area contributed by atoms with Crippen molar-refractivity contribution in [3.8, 4) is 5.75 Å². The number of aliphatic hydroxyl groups is 1. The molecule has 0 saturated carbocycles. The van der Waals surface area contributed by atoms with Gasteiger partial charge in [0, 0.05) is 0 Å². The molecule has 2 rings (SSSR count). The SMILES string of the molecule is Cc1n[nH]c(C)c1NS(=O)(=O)c1ccc(OCCO)cc1. The quantitative estimate of drug-likeness (QED) is 0.743. The van der Waals surface area contributed by atoms with E-state index < -0.39 is 10.0 Å². The first-order chi connectivity index (χ1) is 9.94. The Balaban J connectivity index is 2.20. The lowest BCUT2D eigenvalue weighted by molar-refractivity contribution is 0.201. The fraction of sp³-hybridized carbons (Fsp3) is 0.308. The second-order valence-electron chi connectivity index (χ2n) is 4.46. The van der Waals surface area contributed by atoms with E-state index in [0.717, 1.165) is 0 Å². The van der Waals surface area contributed by atoms with Crippen molar-refractivity contribution in [2.45, 2.75) is 18.7 Å². The van der Waals surface area contributed by atoms with E-state index in [-0.39, 0.29) is 18.1 Å². The number of hydrogen-bond donors (Lipinski definition) is 3. The van der Waals surface area contributed by atoms with Crippen LogP contribution in [0.1, 0.15) is 11.4 Å². The van der Waals surface area contributed by atoms with E-state index in [4.69, 9.17) is 9.84 Å². The molecular formula is C13H17N3O4S. The van der Waals surface area contributed by atoms with E-state index in [1.807, 2.05) is 0 Å². The molecule has 0 bridgehead atoms. The zero-order chi connectivity index (χ0) is 15.5. The van der Waals surface area contributed by atoms with Crippen molar-refractivity contribution in [3.63, 3.8) is 0 Å². The van der Waals surface area contributed by atoms with Gasteiger partial charge in [-0.1, -0.05) is 0 Å². The molecule has 0 aliphatic rings. The number of hydrogen-bond acceptors (Lipinski definition) is 5. The minimum atomic E-state index is -3.68. The second-order valence-corrected chi connectivity index (χ2v) is 6.14. The molecular weight excluding hydrogens is 294 g/mol. The van der Waals surface area contributed by atoms with Crippen molar-refractivity contribution in [2.75, 3.05) is 17.9 Å². The number of aromatic nitrogens is 2. The largest absolute Gasteiger partial charge is 0.491 e. The predicted octanol–water partition coefficient (Wildman–Crippen LogP) is 1.20. The topological polar surface area (TPSA) is 104 Å². The summed E-state index contributed by atoms with van der Waals surface area (Å²) in [4.78, 5) is 0.124. The Kier molecular flexibility index (Phi) is 4.49. The van der Waals surface area contributed by atoms with Gasteiger partial charge in [-0.15, -0.1) is 0 Å². The van der Waals surface area contributed by atoms with E-state index in [9.17, 15) is 8.42 Å². The fourth-order valence-electron chi connectivity index (χ4n) is 1.77. The van der Waals surface area contributed by atoms with Gasteiger partial charge in [0.25, 0.3) is 10.0 Å². The maximum atomic E-state index is 12.3. The van der Waals surface area contributed by atoms with Gasteiger partial charge in [0.15, 0.2) is 0 Å². The van der Waals surface area contributed by atoms with Gasteiger partial charge in [-0.3, -0.25) is 9.82 Å². The number of H-pyrrole nitrogens is 1. The number of nitrogens with zero attached hydrogens (tertiary/aromatic N) is 1. The first-order valence-electron chi connectivity index (χ1n) is 6.32. The Morgan fingerprint density at radius 2 is 1.95 bits per heavy atom. The molecule has 0 spiro atoms. The van der Waals surface area contributed by atoms with E-state index in [1.165, 1.54) is 12.1 Å². The summed E-state index contributed by atoms with van der Waals surface area (Å²) in [6.07, 6.45) is 0. The minimum Gasteiger partial charge on any atom is -0.491 e. The molecule has 7 nitrogen and oxygen atoms in total. The number of aromatic amines is 1. The lowest BCUT2D eigenvalue weighted by Gasteiger charge is -2.09. The summed E-state index contributed by atoms with van der Waals surface area (Å²) in [6, 6.07) is 5.97. The molecule has 8 heteroatoms. The summed E-state index contributed by atoms with van der Waals surface area (Å²) in [5.74, 6) is 0.499. The molecule has 0 amide bonds. The second kappa shape index (κ2) is 6.15. The molecule has 0 aliphatic heterocycles. The van der Waals surface area contributed by atoms with Gasteiger partial charge in [0.2, 0.25) is 0 Å². The van der Waals surface area contributed by atoms with E-state index in [0.29, 0.717) is 22.8 Å². The van der Waals surface area contributed by atoms with Crippen molar-refractivity contribution in [3.05, 3.63) is 35.7 Å². The summed E-state index contributed by atoms with van der Waals surface area (Å²) < 4.78 is 32.3. The zero-order valence-corrected chi connectivity index (χ0v) is 12.6. The molecule has 2 aromatic rings. The maximum Gasteiger partial charge on any atom is 0.262 e. The van der Waals surface area contributed by atoms with Gasteiger partial charge in [-0.05, 0) is 38.1 Å². The summed E-state index contributed by atoms with van der Waals surface area (Å²) in [6.45, 7) is 3.52. The predicted molar refractivity (Wildman–Crippen MR) is 77.9 cm³/mol. The third-order valence-electron chi connectivity index (χ3n) is 2.86. The third kappa shape index (κ3) is 3.53. The van der Waals surface area contributed by atoms with Crippen molar-refractivity contribution < 1.29 is 18.3 Å². The number of benzene rings is 1. The van der Waals surface area contributed by atoms with Crippen LogP contribution in [0.2, 0.25) is 0 Å². The number of nitrogens with one attached hydrogen (secondary N) is 2. The Bertz CT molecular complexity index is 688. The van der Waals surface area contributed by atoms with Crippen LogP contribution in [-0.2, 0) is 10.0 Å². The molecule has 0 saturated heterocycles. The number of aryl methyl sites for hydroxylation is 2. The van der Waals surface area contributed by atoms with Crippen molar-refractivity contribution in [2.24, 2.45) is 0 Å². The van der Waals surface area contributed by atoms with Crippen LogP contribution >= 0.6 is 0 Å². The lowest BCUT2D eigenvalue weighted by atomic mass is 10.3. The number of aliphatic hydroxyl groups excluding tert-OH is 1. The van der Waals surface area contributed by atoms with Gasteiger partial charge < -0.3 is 9.84 Å². The first kappa shape index (κ1) is 15.3. The maximum absolute atomic E-state index is 12.3. The van der Waals surface area contributed by atoms with E-state index in [2.05, 4.69) is 14.9 Å². The molecule has 0 fully saturated rings. The summed E-state index contributed by atoms with van der Waals surface area (Å²) in [7, 11) is -3.68. The highest BCUT2D eigenvalue weighted by molar-refractivity contribution is 7.92. The van der Waals surface area contributed by atoms with Crippen LogP contribution in [0.25, 0.3) is 0 Å². The molecule has 0 aliphatic carbocycles. The summed E-state index contributed by atoms with van der Waals surface area (Å²) in [5.41, 5.74) is 1.69. The van der Waals surface area contributed by atoms with Crippen LogP contribution in [0, 0.1) is 13.8 Å². The van der Waals surface area contributed by atoms with Crippen LogP contribution in [-0.4, -0.2) is 36.9 Å². The number of anilines is 1. The highest BCUT2D eigenvalue weighted by atomic mass is 32.2. The smallest absolute Gasteiger partial charge is 0.262 e. The highest BCUT2D eigenvalue weighted by Gasteiger charge is 2.18. The average Bonchev–Trinajstić information content (AvgIpc) is 2.77. The van der Waals surface area contributed by atoms with E-state index >= 15 is 0 Å². The fourth-order valence-corrected chi connectivity index (χ4v) is 2.95. The molecule has 1 aromatic heterocycles. The molecule has 1 heterocycles. The Morgan fingerprint density at radius 1 is 1.29 bits per heavy atom. The number of rotatable bonds is 6. The van der Waals surface area contributed by atoms with Gasteiger partial charge >= 0.3 is 0 Å². The summed E-state index contributed by atoms with van der Waals surface area (Å²) >= 11 is 0. The third-order valence-corrected chi connectivity index (χ3v) is 4.22. The molecule has 3 N–H and O–H groups in total. The van der Waals surface area contributed by atoms with Crippen LogP contribution in [0.4, 0.5) is 5.69 Å². The van der Waals surface area contributed by atoms with Gasteiger partial charge in [0.1, 0.15) is 12.4 Å². The Labute approximate surface area is 123 Å². The average molecular weight is 311 g/mol. The van der Waals surface area contributed by atoms with Crippen LogP contribution < -0.4 is 9.46 Å². The minimum absolute atomic E-state index is 0.0966. The normalized spacial score (nSPS) is 11.4. The van der Waals surface area contributed by atoms with E-state index in [1.54, 1.807) is 26.0 Å². The number of sulfonamides is 1. The lowest BCUT2D eigenvalue weighted by Crippen LogP contribution is -2.14. The highest BCUT2D eigenvalue weighted by Crippen LogP contribution is 2.22. The first-order valence-corrected chi connectivity index (χ1v) is 7.80. The molecule has 0 radical (unpaired) electrons. The van der Waals surface area contributed by atoms with Crippen molar-refractivity contribution >= 4 is 15.7 Å². The van der Waals surface area contributed by atoms with Crippen LogP contribution in [0.15, 0.2) is 29.2 Å². The Morgan fingerprint density at radius 3 is 2.48 bits per heavy atom. The molecule has 114 valence electrons. The molecule has 0 atom stereocenters. The summed E-state index contributed by atoms with van der Waals surface area (Å²) in [5, 5.41) is 15.3. The standard InChI is InChI=1S/C13H17N3O4S/c1-9-13(10(2)15-14-9)16-21(18,19)12-5-3-11(4-6-12)20-8-7-17/h3-6,16-17H,7-8H2,1-2H3,(H,14,15). The Hall–Kier alpha value is -2.06. The van der Waals surface area contributed by atoms with Gasteiger partial charge in [-0.25, -0.2) is 8.42 Å². The number of ether oxygens (including phenoxy) is 1.